The molecule has 4 nitrogen and oxygen atoms in total. The normalized spacial score (nSPS) is 54.1. The lowest BCUT2D eigenvalue weighted by Crippen LogP contribution is -2.57. The summed E-state index contributed by atoms with van der Waals surface area (Å²) >= 11 is 0. The highest BCUT2D eigenvalue weighted by molar-refractivity contribution is 5.89. The Kier molecular flexibility index (Phi) is 3.19. The topological polar surface area (TPSA) is 63.6 Å². The van der Waals surface area contributed by atoms with E-state index in [1.54, 1.807) is 6.08 Å². The number of fused-ring (bicyclic) bond motifs is 7. The first kappa shape index (κ1) is 16.0. The Morgan fingerprint density at radius 2 is 1.96 bits per heavy atom. The minimum atomic E-state index is -0.230. The van der Waals surface area contributed by atoms with Gasteiger partial charge in [-0.15, -0.1) is 0 Å². The number of aliphatic hydroxyl groups is 1. The Balaban J connectivity index is 1.53. The molecule has 5 aliphatic rings. The van der Waals surface area contributed by atoms with Crippen LogP contribution in [0.15, 0.2) is 11.6 Å². The van der Waals surface area contributed by atoms with Gasteiger partial charge in [0.1, 0.15) is 11.9 Å². The van der Waals surface area contributed by atoms with Crippen LogP contribution in [0.4, 0.5) is 0 Å². The fourth-order valence-corrected chi connectivity index (χ4v) is 7.57. The molecule has 0 radical (unpaired) electrons. The quantitative estimate of drug-likeness (QED) is 0.686. The molecule has 4 fully saturated rings. The van der Waals surface area contributed by atoms with Gasteiger partial charge < -0.3 is 9.84 Å². The fraction of sp³-hybridized carbons (Fsp3) is 0.810. The van der Waals surface area contributed by atoms with Crippen molar-refractivity contribution < 1.29 is 19.4 Å². The molecule has 136 valence electrons. The van der Waals surface area contributed by atoms with Crippen LogP contribution in [0.2, 0.25) is 0 Å². The first-order chi connectivity index (χ1) is 11.8. The number of Topliss-reactive ketones (excluding diaryl/α,β-unsaturated/α-hetero) is 1. The third-order valence-electron chi connectivity index (χ3n) is 8.72. The van der Waals surface area contributed by atoms with Gasteiger partial charge in [-0.2, -0.15) is 0 Å². The monoisotopic (exact) mass is 344 g/mol. The molecule has 5 rings (SSSR count). The van der Waals surface area contributed by atoms with Crippen LogP contribution in [0.1, 0.15) is 58.8 Å². The van der Waals surface area contributed by atoms with Gasteiger partial charge in [-0.05, 0) is 67.3 Å². The second kappa shape index (κ2) is 4.97. The molecule has 0 saturated heterocycles. The molecule has 1 heterocycles. The highest BCUT2D eigenvalue weighted by Crippen LogP contribution is 2.67. The van der Waals surface area contributed by atoms with E-state index < -0.39 is 0 Å². The number of carbonyl (C=O) groups is 2. The lowest BCUT2D eigenvalue weighted by atomic mass is 9.44. The molecule has 0 aromatic heterocycles. The Morgan fingerprint density at radius 3 is 2.76 bits per heavy atom. The molecule has 0 aromatic carbocycles. The van der Waals surface area contributed by atoms with Crippen LogP contribution in [0.25, 0.3) is 0 Å². The Hall–Kier alpha value is -1.16. The van der Waals surface area contributed by atoms with Crippen LogP contribution in [0.5, 0.6) is 0 Å². The van der Waals surface area contributed by atoms with Gasteiger partial charge in [0.05, 0.1) is 6.10 Å². The summed E-state index contributed by atoms with van der Waals surface area (Å²) in [6, 6.07) is 0. The van der Waals surface area contributed by atoms with Gasteiger partial charge in [0, 0.05) is 23.8 Å². The van der Waals surface area contributed by atoms with Crippen molar-refractivity contribution in [3.8, 4) is 0 Å². The van der Waals surface area contributed by atoms with Gasteiger partial charge in [0.2, 0.25) is 0 Å². The van der Waals surface area contributed by atoms with Gasteiger partial charge in [-0.1, -0.05) is 13.8 Å². The van der Waals surface area contributed by atoms with Crippen LogP contribution >= 0.6 is 0 Å². The maximum atomic E-state index is 13.4. The maximum absolute atomic E-state index is 13.4. The molecular weight excluding hydrogens is 316 g/mol. The van der Waals surface area contributed by atoms with E-state index in [4.69, 9.17) is 4.74 Å². The Bertz CT molecular complexity index is 681. The van der Waals surface area contributed by atoms with E-state index in [0.717, 1.165) is 44.1 Å². The van der Waals surface area contributed by atoms with E-state index in [2.05, 4.69) is 13.8 Å². The van der Waals surface area contributed by atoms with Crippen LogP contribution < -0.4 is 0 Å². The van der Waals surface area contributed by atoms with E-state index in [1.165, 1.54) is 0 Å². The lowest BCUT2D eigenvalue weighted by molar-refractivity contribution is -0.158. The van der Waals surface area contributed by atoms with Crippen molar-refractivity contribution in [1.82, 2.24) is 0 Å². The molecule has 4 heteroatoms. The minimum Gasteiger partial charge on any atom is -0.455 e. The zero-order chi connectivity index (χ0) is 17.6. The van der Waals surface area contributed by atoms with Gasteiger partial charge >= 0.3 is 5.97 Å². The van der Waals surface area contributed by atoms with Crippen molar-refractivity contribution in [2.45, 2.75) is 71.0 Å². The molecule has 0 bridgehead atoms. The van der Waals surface area contributed by atoms with E-state index in [0.29, 0.717) is 30.0 Å². The summed E-state index contributed by atoms with van der Waals surface area (Å²) in [7, 11) is 0. The van der Waals surface area contributed by atoms with Gasteiger partial charge in [0.25, 0.3) is 0 Å². The first-order valence-corrected chi connectivity index (χ1v) is 9.96. The molecule has 1 N–H and O–H groups in total. The van der Waals surface area contributed by atoms with Crippen LogP contribution in [0, 0.1) is 34.5 Å². The van der Waals surface area contributed by atoms with Crippen LogP contribution in [-0.4, -0.2) is 29.1 Å². The van der Waals surface area contributed by atoms with E-state index >= 15 is 0 Å². The summed E-state index contributed by atoms with van der Waals surface area (Å²) in [5.74, 6) is 1.63. The zero-order valence-corrected chi connectivity index (χ0v) is 15.2. The van der Waals surface area contributed by atoms with E-state index in [-0.39, 0.29) is 34.9 Å². The second-order valence-electron chi connectivity index (χ2n) is 9.78. The largest absolute Gasteiger partial charge is 0.455 e. The summed E-state index contributed by atoms with van der Waals surface area (Å²) < 4.78 is 5.53. The summed E-state index contributed by atoms with van der Waals surface area (Å²) in [6.45, 7) is 4.51. The fourth-order valence-electron chi connectivity index (χ4n) is 7.57. The Labute approximate surface area is 149 Å². The molecule has 0 aromatic rings. The number of carbonyl (C=O) groups excluding carboxylic acids is 2. The molecule has 4 aliphatic carbocycles. The Morgan fingerprint density at radius 1 is 1.16 bits per heavy atom. The lowest BCUT2D eigenvalue weighted by Gasteiger charge is -2.59. The average Bonchev–Trinajstić information content (AvgIpc) is 3.03. The van der Waals surface area contributed by atoms with Crippen molar-refractivity contribution in [3.05, 3.63) is 11.6 Å². The predicted molar refractivity (Wildman–Crippen MR) is 91.5 cm³/mol. The summed E-state index contributed by atoms with van der Waals surface area (Å²) in [4.78, 5) is 25.1. The number of hydrogen-bond acceptors (Lipinski definition) is 4. The molecule has 0 amide bonds. The predicted octanol–water partition coefficient (Wildman–Crippen LogP) is 3.03. The SMILES string of the molecule is C[C@]12CC[C@@H](O)C[C@@H]1CC[C@@H]1[C@@H]2C(=O)C[C@]2(C)C3=CC(=O)O[C@@H]3C[C@@H]12. The summed E-state index contributed by atoms with van der Waals surface area (Å²) in [6.07, 6.45) is 7.71. The van der Waals surface area contributed by atoms with Crippen molar-refractivity contribution >= 4 is 11.8 Å². The zero-order valence-electron chi connectivity index (χ0n) is 15.2. The molecule has 1 aliphatic heterocycles. The number of ether oxygens (including phenoxy) is 1. The third-order valence-corrected chi connectivity index (χ3v) is 8.72. The van der Waals surface area contributed by atoms with Gasteiger partial charge in [-0.3, -0.25) is 4.79 Å². The van der Waals surface area contributed by atoms with Gasteiger partial charge in [0.15, 0.2) is 0 Å². The van der Waals surface area contributed by atoms with Crippen molar-refractivity contribution in [2.24, 2.45) is 34.5 Å². The number of ketones is 1. The van der Waals surface area contributed by atoms with E-state index in [1.807, 2.05) is 0 Å². The molecule has 8 atom stereocenters. The number of aliphatic hydroxyl groups excluding tert-OH is 1. The standard InChI is InChI=1S/C21H28O4/c1-20-6-5-12(22)7-11(20)3-4-13-14-8-17-15(9-18(24)25-17)21(14,2)10-16(23)19(13)20/h9,11-14,17,19,22H,3-8,10H2,1-2H3/t11-,12+,13-,14-,17+,19+,20-,21-/m0/s1. The van der Waals surface area contributed by atoms with Crippen molar-refractivity contribution in [1.29, 1.82) is 0 Å². The van der Waals surface area contributed by atoms with Crippen molar-refractivity contribution in [3.63, 3.8) is 0 Å². The smallest absolute Gasteiger partial charge is 0.331 e. The van der Waals surface area contributed by atoms with Crippen LogP contribution in [0.3, 0.4) is 0 Å². The molecule has 25 heavy (non-hydrogen) atoms. The maximum Gasteiger partial charge on any atom is 0.331 e. The second-order valence-corrected chi connectivity index (χ2v) is 9.78. The number of rotatable bonds is 0. The number of esters is 1. The average molecular weight is 344 g/mol. The van der Waals surface area contributed by atoms with Crippen LogP contribution in [-0.2, 0) is 14.3 Å². The summed E-state index contributed by atoms with van der Waals surface area (Å²) in [5.41, 5.74) is 0.941. The molecule has 4 saturated carbocycles. The number of hydrogen-bond donors (Lipinski definition) is 1. The first-order valence-electron chi connectivity index (χ1n) is 9.96. The molecular formula is C21H28O4. The van der Waals surface area contributed by atoms with Crippen molar-refractivity contribution in [2.75, 3.05) is 0 Å². The van der Waals surface area contributed by atoms with Gasteiger partial charge in [-0.25, -0.2) is 4.79 Å². The minimum absolute atomic E-state index is 0.0450. The highest BCUT2D eigenvalue weighted by atomic mass is 16.5. The molecule has 0 spiro atoms. The molecule has 0 unspecified atom stereocenters. The van der Waals surface area contributed by atoms with E-state index in [9.17, 15) is 14.7 Å². The highest BCUT2D eigenvalue weighted by Gasteiger charge is 2.64. The third kappa shape index (κ3) is 1.98. The summed E-state index contributed by atoms with van der Waals surface area (Å²) in [5, 5.41) is 10.1.